The lowest BCUT2D eigenvalue weighted by atomic mass is 9.96. The Kier molecular flexibility index (Phi) is 10.8. The quantitative estimate of drug-likeness (QED) is 0.650. The van der Waals surface area contributed by atoms with Crippen molar-refractivity contribution in [2.24, 2.45) is 17.6 Å². The lowest BCUT2D eigenvalue weighted by molar-refractivity contribution is -0.123. The summed E-state index contributed by atoms with van der Waals surface area (Å²) in [7, 11) is 0. The minimum atomic E-state index is -0.492. The molecule has 5 heteroatoms. The molecule has 0 radical (unpaired) electrons. The summed E-state index contributed by atoms with van der Waals surface area (Å²) in [6.45, 7) is 8.19. The molecule has 0 aliphatic heterocycles. The van der Waals surface area contributed by atoms with E-state index < -0.39 is 12.1 Å². The standard InChI is InChI=1S/C12H26N2O2.ClH/c1-5-9(6-2)10(15)7-14-12(16)11(13)8(3)4;/h8-11,15H,5-7,13H2,1-4H3,(H,14,16);1H/t10?,11-;/m0./s1. The van der Waals surface area contributed by atoms with Gasteiger partial charge in [0.05, 0.1) is 12.1 Å². The van der Waals surface area contributed by atoms with E-state index in [2.05, 4.69) is 5.32 Å². The smallest absolute Gasteiger partial charge is 0.237 e. The summed E-state index contributed by atoms with van der Waals surface area (Å²) in [4.78, 5) is 11.5. The Labute approximate surface area is 111 Å². The number of nitrogens with one attached hydrogen (secondary N) is 1. The fourth-order valence-electron chi connectivity index (χ4n) is 1.63. The number of rotatable bonds is 7. The van der Waals surface area contributed by atoms with Gasteiger partial charge in [-0.25, -0.2) is 0 Å². The second kappa shape index (κ2) is 9.68. The molecule has 0 saturated carbocycles. The van der Waals surface area contributed by atoms with Crippen LogP contribution in [0, 0.1) is 11.8 Å². The van der Waals surface area contributed by atoms with Crippen LogP contribution < -0.4 is 11.1 Å². The summed E-state index contributed by atoms with van der Waals surface area (Å²) in [5.74, 6) is 0.181. The molecule has 4 N–H and O–H groups in total. The van der Waals surface area contributed by atoms with Crippen LogP contribution in [0.5, 0.6) is 0 Å². The number of aliphatic hydroxyl groups is 1. The molecule has 17 heavy (non-hydrogen) atoms. The van der Waals surface area contributed by atoms with Gasteiger partial charge in [0.2, 0.25) is 5.91 Å². The molecule has 0 bridgehead atoms. The van der Waals surface area contributed by atoms with E-state index >= 15 is 0 Å². The Morgan fingerprint density at radius 2 is 1.76 bits per heavy atom. The molecular weight excluding hydrogens is 240 g/mol. The van der Waals surface area contributed by atoms with Gasteiger partial charge < -0.3 is 16.2 Å². The molecule has 0 aromatic rings. The number of amides is 1. The lowest BCUT2D eigenvalue weighted by Gasteiger charge is -2.22. The normalized spacial score (nSPS) is 14.4. The molecular formula is C12H27ClN2O2. The van der Waals surface area contributed by atoms with Gasteiger partial charge in [-0.15, -0.1) is 12.4 Å². The van der Waals surface area contributed by atoms with Gasteiger partial charge in [0.1, 0.15) is 0 Å². The van der Waals surface area contributed by atoms with Gasteiger partial charge in [-0.2, -0.15) is 0 Å². The molecule has 0 spiro atoms. The highest BCUT2D eigenvalue weighted by atomic mass is 35.5. The first kappa shape index (κ1) is 19.0. The Morgan fingerprint density at radius 3 is 2.12 bits per heavy atom. The van der Waals surface area contributed by atoms with E-state index in [0.717, 1.165) is 12.8 Å². The molecule has 4 nitrogen and oxygen atoms in total. The van der Waals surface area contributed by atoms with E-state index in [9.17, 15) is 9.90 Å². The highest BCUT2D eigenvalue weighted by Gasteiger charge is 2.20. The summed E-state index contributed by atoms with van der Waals surface area (Å²) in [5.41, 5.74) is 5.69. The van der Waals surface area contributed by atoms with Crippen molar-refractivity contribution in [2.45, 2.75) is 52.7 Å². The zero-order chi connectivity index (χ0) is 12.7. The third kappa shape index (κ3) is 6.86. The van der Waals surface area contributed by atoms with E-state index in [-0.39, 0.29) is 30.2 Å². The number of hydrogen-bond acceptors (Lipinski definition) is 3. The van der Waals surface area contributed by atoms with Crippen molar-refractivity contribution < 1.29 is 9.90 Å². The molecule has 0 saturated heterocycles. The number of aliphatic hydroxyl groups excluding tert-OH is 1. The SMILES string of the molecule is CCC(CC)C(O)CNC(=O)[C@@H](N)C(C)C.Cl. The van der Waals surface area contributed by atoms with Crippen molar-refractivity contribution in [1.29, 1.82) is 0 Å². The zero-order valence-electron chi connectivity index (χ0n) is 11.3. The molecule has 1 amide bonds. The molecule has 0 rings (SSSR count). The van der Waals surface area contributed by atoms with E-state index in [0.29, 0.717) is 6.54 Å². The third-order valence-corrected chi connectivity index (χ3v) is 3.10. The molecule has 0 aromatic heterocycles. The second-order valence-electron chi connectivity index (χ2n) is 4.66. The summed E-state index contributed by atoms with van der Waals surface area (Å²) < 4.78 is 0. The summed E-state index contributed by atoms with van der Waals surface area (Å²) >= 11 is 0. The molecule has 104 valence electrons. The lowest BCUT2D eigenvalue weighted by Crippen LogP contribution is -2.47. The Bertz CT molecular complexity index is 209. The van der Waals surface area contributed by atoms with Crippen molar-refractivity contribution in [3.8, 4) is 0 Å². The number of halogens is 1. The largest absolute Gasteiger partial charge is 0.391 e. The molecule has 0 aliphatic carbocycles. The fourth-order valence-corrected chi connectivity index (χ4v) is 1.63. The third-order valence-electron chi connectivity index (χ3n) is 3.10. The first-order valence-electron chi connectivity index (χ1n) is 6.15. The Morgan fingerprint density at radius 1 is 1.29 bits per heavy atom. The monoisotopic (exact) mass is 266 g/mol. The van der Waals surface area contributed by atoms with Gasteiger partial charge in [0.15, 0.2) is 0 Å². The molecule has 0 aromatic carbocycles. The predicted molar refractivity (Wildman–Crippen MR) is 73.1 cm³/mol. The summed E-state index contributed by atoms with van der Waals surface area (Å²) in [6.07, 6.45) is 1.37. The van der Waals surface area contributed by atoms with Gasteiger partial charge in [-0.3, -0.25) is 4.79 Å². The maximum absolute atomic E-state index is 11.5. The first-order valence-corrected chi connectivity index (χ1v) is 6.15. The van der Waals surface area contributed by atoms with Crippen molar-refractivity contribution in [1.82, 2.24) is 5.32 Å². The van der Waals surface area contributed by atoms with Crippen LogP contribution in [-0.4, -0.2) is 29.7 Å². The molecule has 0 heterocycles. The highest BCUT2D eigenvalue weighted by Crippen LogP contribution is 2.12. The van der Waals surface area contributed by atoms with E-state index in [1.807, 2.05) is 27.7 Å². The molecule has 2 atom stereocenters. The second-order valence-corrected chi connectivity index (χ2v) is 4.66. The average Bonchev–Trinajstić information content (AvgIpc) is 2.26. The average molecular weight is 267 g/mol. The van der Waals surface area contributed by atoms with E-state index in [4.69, 9.17) is 5.73 Å². The van der Waals surface area contributed by atoms with Crippen LogP contribution in [0.3, 0.4) is 0 Å². The maximum Gasteiger partial charge on any atom is 0.237 e. The summed E-state index contributed by atoms with van der Waals surface area (Å²) in [5, 5.41) is 12.5. The maximum atomic E-state index is 11.5. The van der Waals surface area contributed by atoms with Crippen LogP contribution in [0.25, 0.3) is 0 Å². The molecule has 0 aliphatic rings. The van der Waals surface area contributed by atoms with Gasteiger partial charge in [-0.1, -0.05) is 40.5 Å². The Balaban J connectivity index is 0. The van der Waals surface area contributed by atoms with E-state index in [1.54, 1.807) is 0 Å². The van der Waals surface area contributed by atoms with Crippen LogP contribution in [0.4, 0.5) is 0 Å². The van der Waals surface area contributed by atoms with Crippen LogP contribution >= 0.6 is 12.4 Å². The Hall–Kier alpha value is -0.320. The van der Waals surface area contributed by atoms with Gasteiger partial charge in [0, 0.05) is 6.54 Å². The summed E-state index contributed by atoms with van der Waals surface area (Å²) in [6, 6.07) is -0.492. The molecule has 0 fully saturated rings. The topological polar surface area (TPSA) is 75.3 Å². The minimum Gasteiger partial charge on any atom is -0.391 e. The number of hydrogen-bond donors (Lipinski definition) is 3. The first-order chi connectivity index (χ1) is 7.43. The van der Waals surface area contributed by atoms with Crippen LogP contribution in [0.1, 0.15) is 40.5 Å². The van der Waals surface area contributed by atoms with E-state index in [1.165, 1.54) is 0 Å². The fraction of sp³-hybridized carbons (Fsp3) is 0.917. The van der Waals surface area contributed by atoms with Crippen LogP contribution in [0.2, 0.25) is 0 Å². The number of carbonyl (C=O) groups excluding carboxylic acids is 1. The van der Waals surface area contributed by atoms with Gasteiger partial charge >= 0.3 is 0 Å². The van der Waals surface area contributed by atoms with Crippen molar-refractivity contribution >= 4 is 18.3 Å². The van der Waals surface area contributed by atoms with Gasteiger partial charge in [0.25, 0.3) is 0 Å². The number of nitrogens with two attached hydrogens (primary N) is 1. The molecule has 1 unspecified atom stereocenters. The van der Waals surface area contributed by atoms with Crippen molar-refractivity contribution in [2.75, 3.05) is 6.54 Å². The van der Waals surface area contributed by atoms with Crippen LogP contribution in [-0.2, 0) is 4.79 Å². The predicted octanol–water partition coefficient (Wildman–Crippen LogP) is 1.30. The highest BCUT2D eigenvalue weighted by molar-refractivity contribution is 5.85. The van der Waals surface area contributed by atoms with Crippen molar-refractivity contribution in [3.05, 3.63) is 0 Å². The van der Waals surface area contributed by atoms with Gasteiger partial charge in [-0.05, 0) is 11.8 Å². The number of carbonyl (C=O) groups is 1. The van der Waals surface area contributed by atoms with Crippen LogP contribution in [0.15, 0.2) is 0 Å². The van der Waals surface area contributed by atoms with Crippen molar-refractivity contribution in [3.63, 3.8) is 0 Å². The minimum absolute atomic E-state index is 0. The zero-order valence-corrected chi connectivity index (χ0v) is 12.1.